The normalized spacial score (nSPS) is 18.4. The minimum atomic E-state index is -6.55. The van der Waals surface area contributed by atoms with E-state index in [1.807, 2.05) is 19.1 Å². The van der Waals surface area contributed by atoms with Gasteiger partial charge in [0.05, 0.1) is 12.0 Å². The van der Waals surface area contributed by atoms with Crippen LogP contribution < -0.4 is 0 Å². The van der Waals surface area contributed by atoms with Crippen LogP contribution in [0.25, 0.3) is 11.1 Å². The summed E-state index contributed by atoms with van der Waals surface area (Å²) in [5, 5.41) is 1.41. The number of rotatable bonds is 9. The maximum Gasteiger partial charge on any atom is 0.459 e. The van der Waals surface area contributed by atoms with Gasteiger partial charge < -0.3 is 4.90 Å². The zero-order chi connectivity index (χ0) is 32.3. The van der Waals surface area contributed by atoms with E-state index in [1.165, 1.54) is 4.90 Å². The number of halogens is 7. The van der Waals surface area contributed by atoms with Gasteiger partial charge in [-0.1, -0.05) is 74.0 Å². The molecule has 1 unspecified atom stereocenters. The molecule has 0 saturated carbocycles. The predicted molar refractivity (Wildman–Crippen MR) is 152 cm³/mol. The monoisotopic (exact) mass is 633 g/mol. The molecule has 45 heavy (non-hydrogen) atoms. The summed E-state index contributed by atoms with van der Waals surface area (Å²) >= 11 is 0. The van der Waals surface area contributed by atoms with Crippen molar-refractivity contribution in [3.8, 4) is 11.1 Å². The molecule has 238 valence electrons. The van der Waals surface area contributed by atoms with Crippen LogP contribution in [0.4, 0.5) is 30.7 Å². The van der Waals surface area contributed by atoms with E-state index < -0.39 is 42.4 Å². The van der Waals surface area contributed by atoms with Crippen molar-refractivity contribution in [3.05, 3.63) is 94.5 Å². The number of alkyl halides is 7. The second kappa shape index (κ2) is 11.1. The Morgan fingerprint density at radius 2 is 1.51 bits per heavy atom. The van der Waals surface area contributed by atoms with E-state index in [1.54, 1.807) is 54.6 Å². The van der Waals surface area contributed by atoms with E-state index in [4.69, 9.17) is 0 Å². The molecular formula is C33H30F7N3O2. The summed E-state index contributed by atoms with van der Waals surface area (Å²) in [5.74, 6) is -14.6. The third-order valence-corrected chi connectivity index (χ3v) is 8.99. The zero-order valence-electron chi connectivity index (χ0n) is 24.3. The van der Waals surface area contributed by atoms with Crippen molar-refractivity contribution in [2.45, 2.75) is 62.7 Å². The van der Waals surface area contributed by atoms with Gasteiger partial charge in [-0.15, -0.1) is 0 Å². The first-order valence-electron chi connectivity index (χ1n) is 14.8. The van der Waals surface area contributed by atoms with Crippen LogP contribution in [0.15, 0.2) is 66.7 Å². The molecule has 0 N–H and O–H groups in total. The number of hydrazine groups is 1. The molecule has 1 fully saturated rings. The summed E-state index contributed by atoms with van der Waals surface area (Å²) in [6.07, 6.45) is -4.40. The number of aryl methyl sites for hydroxylation is 1. The lowest BCUT2D eigenvalue weighted by Crippen LogP contribution is -2.69. The van der Waals surface area contributed by atoms with Crippen LogP contribution in [0.2, 0.25) is 0 Å². The van der Waals surface area contributed by atoms with Gasteiger partial charge in [0.2, 0.25) is 5.91 Å². The fourth-order valence-electron chi connectivity index (χ4n) is 6.54. The van der Waals surface area contributed by atoms with Crippen LogP contribution in [0, 0.1) is 0 Å². The van der Waals surface area contributed by atoms with Crippen LogP contribution in [-0.2, 0) is 17.8 Å². The highest BCUT2D eigenvalue weighted by Gasteiger charge is 2.73. The van der Waals surface area contributed by atoms with Crippen molar-refractivity contribution in [2.24, 2.45) is 0 Å². The summed E-state index contributed by atoms with van der Waals surface area (Å²) in [5.41, 5.74) is 4.35. The van der Waals surface area contributed by atoms with Gasteiger partial charge in [0, 0.05) is 25.2 Å². The van der Waals surface area contributed by atoms with Gasteiger partial charge in [0.1, 0.15) is 6.54 Å². The number of unbranched alkanes of at least 4 members (excludes halogenated alkanes) is 1. The Morgan fingerprint density at radius 1 is 0.867 bits per heavy atom. The maximum atomic E-state index is 15.0. The molecule has 1 aliphatic carbocycles. The topological polar surface area (TPSA) is 43.9 Å². The lowest BCUT2D eigenvalue weighted by atomic mass is 9.89. The van der Waals surface area contributed by atoms with Crippen molar-refractivity contribution in [1.82, 2.24) is 14.9 Å². The van der Waals surface area contributed by atoms with Gasteiger partial charge >= 0.3 is 18.0 Å². The molecule has 0 aromatic heterocycles. The van der Waals surface area contributed by atoms with Crippen LogP contribution in [-0.4, -0.2) is 70.4 Å². The average molecular weight is 634 g/mol. The highest BCUT2D eigenvalue weighted by molar-refractivity contribution is 5.99. The van der Waals surface area contributed by atoms with Gasteiger partial charge in [-0.05, 0) is 52.3 Å². The SMILES string of the molecule is CCCCc1cccc2c1C(C(=O)N(CC(F)(F)C(F)(F)C(F)(F)F)N1CC(N3Cc4ccccc4C3=O)C1)c1ccccc1-2. The third-order valence-electron chi connectivity index (χ3n) is 8.99. The lowest BCUT2D eigenvalue weighted by molar-refractivity contribution is -0.359. The number of amides is 2. The molecule has 12 heteroatoms. The van der Waals surface area contributed by atoms with Gasteiger partial charge in [0.15, 0.2) is 0 Å². The molecule has 1 saturated heterocycles. The van der Waals surface area contributed by atoms with Crippen molar-refractivity contribution in [3.63, 3.8) is 0 Å². The quantitative estimate of drug-likeness (QED) is 0.237. The molecule has 5 nitrogen and oxygen atoms in total. The molecule has 3 aliphatic rings. The van der Waals surface area contributed by atoms with E-state index >= 15 is 8.78 Å². The molecule has 2 aliphatic heterocycles. The molecule has 0 radical (unpaired) electrons. The Labute approximate surface area is 255 Å². The van der Waals surface area contributed by atoms with E-state index in [-0.39, 0.29) is 25.5 Å². The first-order chi connectivity index (χ1) is 21.3. The summed E-state index contributed by atoms with van der Waals surface area (Å²) in [6, 6.07) is 18.5. The molecule has 1 atom stereocenters. The summed E-state index contributed by atoms with van der Waals surface area (Å²) in [6.45, 7) is -0.372. The minimum Gasteiger partial charge on any atom is -0.329 e. The van der Waals surface area contributed by atoms with E-state index in [9.17, 15) is 31.5 Å². The number of hydrogen-bond acceptors (Lipinski definition) is 3. The maximum absolute atomic E-state index is 15.0. The van der Waals surface area contributed by atoms with Crippen LogP contribution in [0.5, 0.6) is 0 Å². The Bertz CT molecular complexity index is 1630. The first kappa shape index (κ1) is 31.1. The minimum absolute atomic E-state index is 0.197. The second-order valence-electron chi connectivity index (χ2n) is 11.8. The Hall–Kier alpha value is -3.93. The largest absolute Gasteiger partial charge is 0.459 e. The van der Waals surface area contributed by atoms with Crippen molar-refractivity contribution >= 4 is 11.8 Å². The predicted octanol–water partition coefficient (Wildman–Crippen LogP) is 7.06. The smallest absolute Gasteiger partial charge is 0.329 e. The van der Waals surface area contributed by atoms with Crippen molar-refractivity contribution in [1.29, 1.82) is 0 Å². The van der Waals surface area contributed by atoms with Gasteiger partial charge in [-0.25, -0.2) is 5.01 Å². The number of hydrogen-bond donors (Lipinski definition) is 0. The standard InChI is InChI=1S/C33H30F7N3O2/c1-2-3-9-20-11-8-15-25-24-13-6-7-14-26(24)28(27(20)25)30(45)43(19-31(34,35)32(36,37)33(38,39)40)41-17-22(18-41)42-16-21-10-4-5-12-23(21)29(42)44/h4-8,10-15,22,28H,2-3,9,16-19H2,1H3. The van der Waals surface area contributed by atoms with Crippen molar-refractivity contribution < 1.29 is 40.3 Å². The highest BCUT2D eigenvalue weighted by atomic mass is 19.4. The van der Waals surface area contributed by atoms with Crippen molar-refractivity contribution in [2.75, 3.05) is 19.6 Å². The van der Waals surface area contributed by atoms with E-state index in [0.29, 0.717) is 39.2 Å². The number of benzene rings is 3. The summed E-state index contributed by atoms with van der Waals surface area (Å²) < 4.78 is 98.1. The number of fused-ring (bicyclic) bond motifs is 4. The fraction of sp³-hybridized carbons (Fsp3) is 0.394. The summed E-state index contributed by atoms with van der Waals surface area (Å²) in [7, 11) is 0. The van der Waals surface area contributed by atoms with Crippen LogP contribution in [0.3, 0.4) is 0 Å². The van der Waals surface area contributed by atoms with Gasteiger partial charge in [-0.3, -0.25) is 14.6 Å². The third kappa shape index (κ3) is 5.07. The van der Waals surface area contributed by atoms with E-state index in [0.717, 1.165) is 29.0 Å². The van der Waals surface area contributed by atoms with E-state index in [2.05, 4.69) is 0 Å². The Balaban J connectivity index is 1.36. The number of carbonyl (C=O) groups excluding carboxylic acids is 2. The second-order valence-corrected chi connectivity index (χ2v) is 11.8. The van der Waals surface area contributed by atoms with Gasteiger partial charge in [0.25, 0.3) is 5.91 Å². The fourth-order valence-corrected chi connectivity index (χ4v) is 6.54. The molecule has 2 amide bonds. The molecule has 3 aromatic rings. The Kier molecular flexibility index (Phi) is 7.70. The average Bonchev–Trinajstić information content (AvgIpc) is 3.49. The highest BCUT2D eigenvalue weighted by Crippen LogP contribution is 2.50. The number of carbonyl (C=O) groups is 2. The molecule has 0 bridgehead atoms. The number of nitrogens with zero attached hydrogens (tertiary/aromatic N) is 3. The van der Waals surface area contributed by atoms with Crippen LogP contribution >= 0.6 is 0 Å². The molecule has 0 spiro atoms. The Morgan fingerprint density at radius 3 is 2.18 bits per heavy atom. The molecule has 3 aromatic carbocycles. The van der Waals surface area contributed by atoms with Crippen LogP contribution in [0.1, 0.15) is 58.3 Å². The summed E-state index contributed by atoms with van der Waals surface area (Å²) in [4.78, 5) is 28.9. The molecule has 6 rings (SSSR count). The molecular weight excluding hydrogens is 603 g/mol. The zero-order valence-corrected chi connectivity index (χ0v) is 24.3. The molecule has 2 heterocycles. The lowest BCUT2D eigenvalue weighted by Gasteiger charge is -2.50. The van der Waals surface area contributed by atoms with Gasteiger partial charge in [-0.2, -0.15) is 30.7 Å². The first-order valence-corrected chi connectivity index (χ1v) is 14.8.